The SMILES string of the molecule is CSc1nnc2c(n1)O[C@@H](c1ccccn1)Nc1ccccc1-2. The molecular weight excluding hydrogens is 310 g/mol. The van der Waals surface area contributed by atoms with Gasteiger partial charge in [0.2, 0.25) is 17.3 Å². The summed E-state index contributed by atoms with van der Waals surface area (Å²) in [6.45, 7) is 0. The Labute approximate surface area is 137 Å². The summed E-state index contributed by atoms with van der Waals surface area (Å²) in [6, 6.07) is 13.6. The van der Waals surface area contributed by atoms with Crippen LogP contribution in [-0.4, -0.2) is 26.4 Å². The molecule has 1 N–H and O–H groups in total. The van der Waals surface area contributed by atoms with Crippen molar-refractivity contribution in [2.24, 2.45) is 0 Å². The molecule has 0 fully saturated rings. The topological polar surface area (TPSA) is 72.8 Å². The minimum Gasteiger partial charge on any atom is -0.446 e. The van der Waals surface area contributed by atoms with Crippen molar-refractivity contribution in [2.45, 2.75) is 11.4 Å². The van der Waals surface area contributed by atoms with E-state index in [0.717, 1.165) is 16.9 Å². The van der Waals surface area contributed by atoms with Gasteiger partial charge in [0.05, 0.1) is 0 Å². The molecule has 4 rings (SSSR count). The highest BCUT2D eigenvalue weighted by molar-refractivity contribution is 7.98. The van der Waals surface area contributed by atoms with Gasteiger partial charge in [0.1, 0.15) is 5.69 Å². The van der Waals surface area contributed by atoms with Crippen LogP contribution in [0.3, 0.4) is 0 Å². The second kappa shape index (κ2) is 5.85. The molecule has 0 amide bonds. The number of ether oxygens (including phenoxy) is 1. The maximum atomic E-state index is 6.07. The van der Waals surface area contributed by atoms with Gasteiger partial charge in [-0.05, 0) is 24.5 Å². The van der Waals surface area contributed by atoms with Crippen molar-refractivity contribution in [1.82, 2.24) is 20.2 Å². The lowest BCUT2D eigenvalue weighted by Crippen LogP contribution is -2.18. The quantitative estimate of drug-likeness (QED) is 0.726. The largest absolute Gasteiger partial charge is 0.446 e. The first-order valence-electron chi connectivity index (χ1n) is 7.07. The van der Waals surface area contributed by atoms with E-state index in [1.165, 1.54) is 11.8 Å². The number of hydrogen-bond acceptors (Lipinski definition) is 7. The van der Waals surface area contributed by atoms with E-state index in [1.807, 2.05) is 48.7 Å². The molecule has 114 valence electrons. The summed E-state index contributed by atoms with van der Waals surface area (Å²) in [6.07, 6.45) is 3.21. The molecule has 23 heavy (non-hydrogen) atoms. The number of fused-ring (bicyclic) bond motifs is 3. The van der Waals surface area contributed by atoms with Crippen LogP contribution in [0, 0.1) is 0 Å². The number of para-hydroxylation sites is 1. The maximum Gasteiger partial charge on any atom is 0.247 e. The Morgan fingerprint density at radius 2 is 1.96 bits per heavy atom. The van der Waals surface area contributed by atoms with Crippen molar-refractivity contribution >= 4 is 17.4 Å². The highest BCUT2D eigenvalue weighted by Gasteiger charge is 2.26. The third-order valence-electron chi connectivity index (χ3n) is 3.47. The number of aromatic nitrogens is 4. The maximum absolute atomic E-state index is 6.07. The van der Waals surface area contributed by atoms with E-state index >= 15 is 0 Å². The van der Waals surface area contributed by atoms with Crippen LogP contribution in [-0.2, 0) is 0 Å². The number of thioether (sulfide) groups is 1. The van der Waals surface area contributed by atoms with Gasteiger partial charge in [-0.2, -0.15) is 4.98 Å². The minimum absolute atomic E-state index is 0.440. The first-order chi connectivity index (χ1) is 11.3. The summed E-state index contributed by atoms with van der Waals surface area (Å²) in [4.78, 5) is 8.84. The van der Waals surface area contributed by atoms with Crippen molar-refractivity contribution in [3.63, 3.8) is 0 Å². The number of hydrogen-bond donors (Lipinski definition) is 1. The molecule has 7 heteroatoms. The highest BCUT2D eigenvalue weighted by atomic mass is 32.2. The van der Waals surface area contributed by atoms with E-state index in [0.29, 0.717) is 16.7 Å². The average molecular weight is 323 g/mol. The monoisotopic (exact) mass is 323 g/mol. The fourth-order valence-electron chi connectivity index (χ4n) is 2.40. The highest BCUT2D eigenvalue weighted by Crippen LogP contribution is 2.38. The third kappa shape index (κ3) is 2.59. The van der Waals surface area contributed by atoms with Crippen molar-refractivity contribution < 1.29 is 4.74 Å². The first-order valence-corrected chi connectivity index (χ1v) is 8.30. The van der Waals surface area contributed by atoms with E-state index in [9.17, 15) is 0 Å². The molecule has 3 aromatic rings. The smallest absolute Gasteiger partial charge is 0.247 e. The molecule has 1 atom stereocenters. The van der Waals surface area contributed by atoms with Crippen LogP contribution in [0.2, 0.25) is 0 Å². The first kappa shape index (κ1) is 14.0. The van der Waals surface area contributed by atoms with Gasteiger partial charge in [-0.25, -0.2) is 0 Å². The van der Waals surface area contributed by atoms with Crippen molar-refractivity contribution in [1.29, 1.82) is 0 Å². The summed E-state index contributed by atoms with van der Waals surface area (Å²) < 4.78 is 6.07. The van der Waals surface area contributed by atoms with Crippen molar-refractivity contribution in [3.05, 3.63) is 54.4 Å². The van der Waals surface area contributed by atoms with Gasteiger partial charge in [-0.15, -0.1) is 10.2 Å². The molecule has 2 aromatic heterocycles. The van der Waals surface area contributed by atoms with Gasteiger partial charge in [-0.1, -0.05) is 36.0 Å². The Bertz CT molecular complexity index is 843. The van der Waals surface area contributed by atoms with E-state index in [4.69, 9.17) is 4.74 Å². The summed E-state index contributed by atoms with van der Waals surface area (Å²) in [5, 5.41) is 12.4. The van der Waals surface area contributed by atoms with Crippen LogP contribution in [0.4, 0.5) is 5.69 Å². The molecule has 0 saturated carbocycles. The van der Waals surface area contributed by atoms with Crippen LogP contribution in [0.5, 0.6) is 5.88 Å². The predicted molar refractivity (Wildman–Crippen MR) is 88.3 cm³/mol. The Morgan fingerprint density at radius 1 is 1.09 bits per heavy atom. The van der Waals surface area contributed by atoms with E-state index in [2.05, 4.69) is 25.5 Å². The number of anilines is 1. The normalized spacial score (nSPS) is 15.6. The zero-order valence-electron chi connectivity index (χ0n) is 12.3. The standard InChI is InChI=1S/C16H13N5OS/c1-23-16-19-15-13(20-21-16)10-6-2-3-7-11(10)18-14(22-15)12-8-4-5-9-17-12/h2-9,14,18H,1H3/t14-/m0/s1. The van der Waals surface area contributed by atoms with Crippen LogP contribution < -0.4 is 10.1 Å². The van der Waals surface area contributed by atoms with Gasteiger partial charge in [0, 0.05) is 17.4 Å². The molecule has 0 saturated heterocycles. The van der Waals surface area contributed by atoms with Gasteiger partial charge < -0.3 is 10.1 Å². The zero-order chi connectivity index (χ0) is 15.6. The fourth-order valence-corrected chi connectivity index (χ4v) is 2.70. The molecular formula is C16H13N5OS. The minimum atomic E-state index is -0.440. The number of pyridine rings is 1. The summed E-state index contributed by atoms with van der Waals surface area (Å²) in [5.41, 5.74) is 3.23. The number of rotatable bonds is 2. The van der Waals surface area contributed by atoms with Gasteiger partial charge in [0.25, 0.3) is 0 Å². The Balaban J connectivity index is 1.87. The Kier molecular flexibility index (Phi) is 3.55. The summed E-state index contributed by atoms with van der Waals surface area (Å²) >= 11 is 1.43. The van der Waals surface area contributed by atoms with Gasteiger partial charge in [0.15, 0.2) is 5.69 Å². The second-order valence-electron chi connectivity index (χ2n) is 4.89. The van der Waals surface area contributed by atoms with E-state index in [-0.39, 0.29) is 0 Å². The van der Waals surface area contributed by atoms with Crippen molar-refractivity contribution in [3.8, 4) is 17.1 Å². The van der Waals surface area contributed by atoms with Crippen LogP contribution in [0.25, 0.3) is 11.3 Å². The summed E-state index contributed by atoms with van der Waals surface area (Å²) in [5.74, 6) is 0.456. The molecule has 1 aliphatic heterocycles. The molecule has 6 nitrogen and oxygen atoms in total. The number of benzene rings is 1. The lowest BCUT2D eigenvalue weighted by Gasteiger charge is -2.18. The second-order valence-corrected chi connectivity index (χ2v) is 5.67. The van der Waals surface area contributed by atoms with Crippen LogP contribution >= 0.6 is 11.8 Å². The molecule has 1 aromatic carbocycles. The van der Waals surface area contributed by atoms with Crippen LogP contribution in [0.15, 0.2) is 53.8 Å². The average Bonchev–Trinajstić information content (AvgIpc) is 2.78. The third-order valence-corrected chi connectivity index (χ3v) is 4.01. The lowest BCUT2D eigenvalue weighted by atomic mass is 10.1. The van der Waals surface area contributed by atoms with Gasteiger partial charge >= 0.3 is 0 Å². The number of nitrogens with zero attached hydrogens (tertiary/aromatic N) is 4. The number of nitrogens with one attached hydrogen (secondary N) is 1. The molecule has 3 heterocycles. The molecule has 0 spiro atoms. The molecule has 0 aliphatic carbocycles. The van der Waals surface area contributed by atoms with Crippen LogP contribution in [0.1, 0.15) is 11.9 Å². The van der Waals surface area contributed by atoms with Crippen molar-refractivity contribution in [2.75, 3.05) is 11.6 Å². The Hall–Kier alpha value is -2.67. The van der Waals surface area contributed by atoms with E-state index < -0.39 is 6.23 Å². The summed E-state index contributed by atoms with van der Waals surface area (Å²) in [7, 11) is 0. The van der Waals surface area contributed by atoms with E-state index in [1.54, 1.807) is 6.20 Å². The predicted octanol–water partition coefficient (Wildman–Crippen LogP) is 3.16. The Morgan fingerprint density at radius 3 is 2.78 bits per heavy atom. The zero-order valence-corrected chi connectivity index (χ0v) is 13.1. The fraction of sp³-hybridized carbons (Fsp3) is 0.125. The van der Waals surface area contributed by atoms with Gasteiger partial charge in [-0.3, -0.25) is 4.98 Å². The molecule has 0 bridgehead atoms. The molecule has 0 radical (unpaired) electrons. The molecule has 0 unspecified atom stereocenters. The lowest BCUT2D eigenvalue weighted by molar-refractivity contribution is 0.220. The molecule has 1 aliphatic rings.